The molecule has 1 saturated heterocycles. The van der Waals surface area contributed by atoms with Crippen molar-refractivity contribution >= 4 is 17.5 Å². The Labute approximate surface area is 138 Å². The van der Waals surface area contributed by atoms with Crippen LogP contribution in [0.25, 0.3) is 0 Å². The maximum absolute atomic E-state index is 4.67. The molecule has 0 spiro atoms. The molecule has 23 heavy (non-hydrogen) atoms. The SMILES string of the molecule is CCC(C)Nc1ccnc(N2CCN(c3ccccc3)CC2)n1. The molecule has 0 amide bonds. The van der Waals surface area contributed by atoms with Crippen LogP contribution in [0.2, 0.25) is 0 Å². The highest BCUT2D eigenvalue weighted by molar-refractivity contribution is 5.49. The first-order valence-corrected chi connectivity index (χ1v) is 8.41. The predicted molar refractivity (Wildman–Crippen MR) is 96.3 cm³/mol. The van der Waals surface area contributed by atoms with Gasteiger partial charge in [0.25, 0.3) is 0 Å². The molecule has 0 saturated carbocycles. The number of nitrogens with zero attached hydrogens (tertiary/aromatic N) is 4. The van der Waals surface area contributed by atoms with Gasteiger partial charge in [0.1, 0.15) is 5.82 Å². The van der Waals surface area contributed by atoms with E-state index in [4.69, 9.17) is 0 Å². The fraction of sp³-hybridized carbons (Fsp3) is 0.444. The molecule has 2 heterocycles. The summed E-state index contributed by atoms with van der Waals surface area (Å²) in [7, 11) is 0. The van der Waals surface area contributed by atoms with Crippen LogP contribution in [0.15, 0.2) is 42.6 Å². The highest BCUT2D eigenvalue weighted by Gasteiger charge is 2.19. The molecule has 1 N–H and O–H groups in total. The minimum Gasteiger partial charge on any atom is -0.368 e. The lowest BCUT2D eigenvalue weighted by Crippen LogP contribution is -2.47. The van der Waals surface area contributed by atoms with Crippen molar-refractivity contribution in [3.63, 3.8) is 0 Å². The number of nitrogens with one attached hydrogen (secondary N) is 1. The average molecular weight is 311 g/mol. The molecule has 1 aromatic carbocycles. The van der Waals surface area contributed by atoms with E-state index < -0.39 is 0 Å². The van der Waals surface area contributed by atoms with Crippen LogP contribution in [0.4, 0.5) is 17.5 Å². The molecule has 1 fully saturated rings. The van der Waals surface area contributed by atoms with E-state index in [0.717, 1.165) is 44.4 Å². The molecule has 0 radical (unpaired) electrons. The summed E-state index contributed by atoms with van der Waals surface area (Å²) in [5.41, 5.74) is 1.29. The zero-order chi connectivity index (χ0) is 16.1. The lowest BCUT2D eigenvalue weighted by Gasteiger charge is -2.36. The van der Waals surface area contributed by atoms with E-state index in [-0.39, 0.29) is 0 Å². The summed E-state index contributed by atoms with van der Waals surface area (Å²) in [4.78, 5) is 13.8. The Morgan fingerprint density at radius 1 is 1.04 bits per heavy atom. The first-order valence-electron chi connectivity index (χ1n) is 8.41. The minimum atomic E-state index is 0.424. The largest absolute Gasteiger partial charge is 0.368 e. The average Bonchev–Trinajstić information content (AvgIpc) is 2.63. The van der Waals surface area contributed by atoms with Crippen LogP contribution in [0.1, 0.15) is 20.3 Å². The number of rotatable bonds is 5. The second kappa shape index (κ2) is 7.31. The minimum absolute atomic E-state index is 0.424. The van der Waals surface area contributed by atoms with E-state index in [1.54, 1.807) is 0 Å². The summed E-state index contributed by atoms with van der Waals surface area (Å²) in [6.45, 7) is 8.22. The van der Waals surface area contributed by atoms with E-state index in [9.17, 15) is 0 Å². The smallest absolute Gasteiger partial charge is 0.227 e. The summed E-state index contributed by atoms with van der Waals surface area (Å²) in [6.07, 6.45) is 2.92. The molecule has 1 aliphatic rings. The molecule has 5 heteroatoms. The van der Waals surface area contributed by atoms with Crippen LogP contribution < -0.4 is 15.1 Å². The van der Waals surface area contributed by atoms with Crippen molar-refractivity contribution in [1.29, 1.82) is 0 Å². The third-order valence-electron chi connectivity index (χ3n) is 4.33. The summed E-state index contributed by atoms with van der Waals surface area (Å²) in [6, 6.07) is 12.9. The lowest BCUT2D eigenvalue weighted by atomic mass is 10.2. The molecular weight excluding hydrogens is 286 g/mol. The van der Waals surface area contributed by atoms with Crippen LogP contribution in [-0.2, 0) is 0 Å². The van der Waals surface area contributed by atoms with Crippen LogP contribution in [0.5, 0.6) is 0 Å². The van der Waals surface area contributed by atoms with E-state index >= 15 is 0 Å². The number of aromatic nitrogens is 2. The number of anilines is 3. The van der Waals surface area contributed by atoms with Crippen LogP contribution in [0.3, 0.4) is 0 Å². The van der Waals surface area contributed by atoms with Crippen molar-refractivity contribution in [2.45, 2.75) is 26.3 Å². The highest BCUT2D eigenvalue weighted by atomic mass is 15.3. The highest BCUT2D eigenvalue weighted by Crippen LogP contribution is 2.18. The Kier molecular flexibility index (Phi) is 4.95. The topological polar surface area (TPSA) is 44.3 Å². The molecule has 1 unspecified atom stereocenters. The zero-order valence-corrected chi connectivity index (χ0v) is 13.9. The second-order valence-corrected chi connectivity index (χ2v) is 6.01. The number of para-hydroxylation sites is 1. The van der Waals surface area contributed by atoms with Crippen molar-refractivity contribution in [2.24, 2.45) is 0 Å². The molecule has 1 atom stereocenters. The van der Waals surface area contributed by atoms with Gasteiger partial charge in [-0.3, -0.25) is 0 Å². The molecule has 1 aromatic heterocycles. The van der Waals surface area contributed by atoms with Gasteiger partial charge in [-0.05, 0) is 31.5 Å². The van der Waals surface area contributed by atoms with Crippen molar-refractivity contribution in [3.05, 3.63) is 42.6 Å². The molecule has 0 bridgehead atoms. The predicted octanol–water partition coefficient (Wildman–Crippen LogP) is 3.01. The summed E-state index contributed by atoms with van der Waals surface area (Å²) >= 11 is 0. The van der Waals surface area contributed by atoms with Gasteiger partial charge in [0.15, 0.2) is 0 Å². The van der Waals surface area contributed by atoms with Crippen LogP contribution in [-0.4, -0.2) is 42.2 Å². The van der Waals surface area contributed by atoms with Gasteiger partial charge < -0.3 is 15.1 Å². The van der Waals surface area contributed by atoms with Gasteiger partial charge in [0.2, 0.25) is 5.95 Å². The Hall–Kier alpha value is -2.30. The van der Waals surface area contributed by atoms with Crippen LogP contribution >= 0.6 is 0 Å². The standard InChI is InChI=1S/C18H25N5/c1-3-15(2)20-17-9-10-19-18(21-17)23-13-11-22(12-14-23)16-7-5-4-6-8-16/h4-10,15H,3,11-14H2,1-2H3,(H,19,20,21). The second-order valence-electron chi connectivity index (χ2n) is 6.01. The quantitative estimate of drug-likeness (QED) is 0.919. The third-order valence-corrected chi connectivity index (χ3v) is 4.33. The molecule has 1 aliphatic heterocycles. The van der Waals surface area contributed by atoms with E-state index in [1.807, 2.05) is 12.3 Å². The van der Waals surface area contributed by atoms with E-state index in [1.165, 1.54) is 5.69 Å². The molecule has 122 valence electrons. The van der Waals surface area contributed by atoms with Gasteiger partial charge >= 0.3 is 0 Å². The Morgan fingerprint density at radius 2 is 1.74 bits per heavy atom. The number of hydrogen-bond donors (Lipinski definition) is 1. The maximum atomic E-state index is 4.67. The fourth-order valence-electron chi connectivity index (χ4n) is 2.74. The van der Waals surface area contributed by atoms with Gasteiger partial charge in [-0.1, -0.05) is 25.1 Å². The Balaban J connectivity index is 1.62. The Morgan fingerprint density at radius 3 is 2.43 bits per heavy atom. The first kappa shape index (κ1) is 15.6. The maximum Gasteiger partial charge on any atom is 0.227 e. The zero-order valence-electron chi connectivity index (χ0n) is 13.9. The molecule has 3 rings (SSSR count). The molecule has 5 nitrogen and oxygen atoms in total. The van der Waals surface area contributed by atoms with Gasteiger partial charge in [0, 0.05) is 44.1 Å². The lowest BCUT2D eigenvalue weighted by molar-refractivity contribution is 0.639. The number of benzene rings is 1. The van der Waals surface area contributed by atoms with Crippen molar-refractivity contribution < 1.29 is 0 Å². The molecular formula is C18H25N5. The Bertz CT molecular complexity index is 608. The van der Waals surface area contributed by atoms with E-state index in [0.29, 0.717) is 6.04 Å². The monoisotopic (exact) mass is 311 g/mol. The van der Waals surface area contributed by atoms with Gasteiger partial charge in [0.05, 0.1) is 0 Å². The van der Waals surface area contributed by atoms with Crippen molar-refractivity contribution in [3.8, 4) is 0 Å². The number of piperazine rings is 1. The molecule has 0 aliphatic carbocycles. The van der Waals surface area contributed by atoms with Gasteiger partial charge in [-0.15, -0.1) is 0 Å². The first-order chi connectivity index (χ1) is 11.3. The number of hydrogen-bond acceptors (Lipinski definition) is 5. The van der Waals surface area contributed by atoms with Crippen molar-refractivity contribution in [1.82, 2.24) is 9.97 Å². The van der Waals surface area contributed by atoms with Crippen molar-refractivity contribution in [2.75, 3.05) is 41.3 Å². The summed E-state index contributed by atoms with van der Waals surface area (Å²) < 4.78 is 0. The fourth-order valence-corrected chi connectivity index (χ4v) is 2.74. The van der Waals surface area contributed by atoms with Gasteiger partial charge in [-0.2, -0.15) is 4.98 Å². The summed E-state index contributed by atoms with van der Waals surface area (Å²) in [5.74, 6) is 1.74. The van der Waals surface area contributed by atoms with Gasteiger partial charge in [-0.25, -0.2) is 4.98 Å². The summed E-state index contributed by atoms with van der Waals surface area (Å²) in [5, 5.41) is 3.42. The van der Waals surface area contributed by atoms with Crippen LogP contribution in [0, 0.1) is 0 Å². The molecule has 2 aromatic rings. The van der Waals surface area contributed by atoms with E-state index in [2.05, 4.69) is 69.3 Å². The third kappa shape index (κ3) is 3.92. The normalized spacial score (nSPS) is 16.3.